The van der Waals surface area contributed by atoms with Crippen LogP contribution in [0.25, 0.3) is 10.2 Å². The topological polar surface area (TPSA) is 46.4 Å². The van der Waals surface area contributed by atoms with E-state index in [9.17, 15) is 9.18 Å². The van der Waals surface area contributed by atoms with Crippen molar-refractivity contribution in [1.29, 1.82) is 0 Å². The second-order valence-corrected chi connectivity index (χ2v) is 7.52. The van der Waals surface area contributed by atoms with Gasteiger partial charge in [-0.2, -0.15) is 0 Å². The van der Waals surface area contributed by atoms with Crippen LogP contribution in [0.1, 0.15) is 23.5 Å². The SMILES string of the molecule is C[C@@H](c1nc2ccccc2s1)[NH+](C)CC(=O)NCCc1ccccc1F. The lowest BCUT2D eigenvalue weighted by Gasteiger charge is -2.19. The molecule has 0 radical (unpaired) electrons. The largest absolute Gasteiger partial charge is 0.351 e. The first-order valence-corrected chi connectivity index (χ1v) is 9.54. The number of thiazole rings is 1. The fourth-order valence-corrected chi connectivity index (χ4v) is 3.90. The van der Waals surface area contributed by atoms with E-state index >= 15 is 0 Å². The number of halogens is 1. The smallest absolute Gasteiger partial charge is 0.275 e. The predicted molar refractivity (Wildman–Crippen MR) is 103 cm³/mol. The van der Waals surface area contributed by atoms with Gasteiger partial charge in [0.25, 0.3) is 5.91 Å². The van der Waals surface area contributed by atoms with Gasteiger partial charge in [-0.15, -0.1) is 11.3 Å². The molecule has 0 saturated carbocycles. The number of aromatic nitrogens is 1. The van der Waals surface area contributed by atoms with E-state index in [2.05, 4.69) is 23.3 Å². The molecule has 136 valence electrons. The number of hydrogen-bond acceptors (Lipinski definition) is 3. The van der Waals surface area contributed by atoms with Crippen molar-refractivity contribution in [3.8, 4) is 0 Å². The molecule has 2 N–H and O–H groups in total. The molecule has 1 aromatic heterocycles. The Morgan fingerprint density at radius 1 is 1.23 bits per heavy atom. The second kappa shape index (κ2) is 8.38. The third-order valence-electron chi connectivity index (χ3n) is 4.53. The number of carbonyl (C=O) groups excluding carboxylic acids is 1. The van der Waals surface area contributed by atoms with Crippen molar-refractivity contribution in [2.24, 2.45) is 0 Å². The standard InChI is InChI=1S/C20H22FN3OS/c1-14(20-23-17-9-5-6-10-18(17)26-20)24(2)13-19(25)22-12-11-15-7-3-4-8-16(15)21/h3-10,14H,11-13H2,1-2H3,(H,22,25)/p+1/t14-/m0/s1. The maximum Gasteiger partial charge on any atom is 0.275 e. The van der Waals surface area contributed by atoms with Gasteiger partial charge in [-0.05, 0) is 37.1 Å². The summed E-state index contributed by atoms with van der Waals surface area (Å²) >= 11 is 1.67. The quantitative estimate of drug-likeness (QED) is 0.669. The molecule has 3 rings (SSSR count). The number of likely N-dealkylation sites (N-methyl/N-ethyl adjacent to an activating group) is 1. The Bertz CT molecular complexity index is 862. The number of hydrogen-bond donors (Lipinski definition) is 2. The number of carbonyl (C=O) groups is 1. The molecule has 4 nitrogen and oxygen atoms in total. The fourth-order valence-electron chi connectivity index (χ4n) is 2.79. The van der Waals surface area contributed by atoms with Gasteiger partial charge in [-0.3, -0.25) is 4.79 Å². The van der Waals surface area contributed by atoms with Crippen LogP contribution in [0.15, 0.2) is 48.5 Å². The van der Waals surface area contributed by atoms with Crippen LogP contribution in [-0.4, -0.2) is 31.0 Å². The monoisotopic (exact) mass is 372 g/mol. The lowest BCUT2D eigenvalue weighted by atomic mass is 10.1. The van der Waals surface area contributed by atoms with Gasteiger partial charge in [-0.1, -0.05) is 30.3 Å². The number of para-hydroxylation sites is 1. The van der Waals surface area contributed by atoms with Crippen LogP contribution >= 0.6 is 11.3 Å². The van der Waals surface area contributed by atoms with Gasteiger partial charge in [0.2, 0.25) is 0 Å². The zero-order chi connectivity index (χ0) is 18.5. The van der Waals surface area contributed by atoms with Gasteiger partial charge in [0, 0.05) is 6.54 Å². The van der Waals surface area contributed by atoms with Crippen molar-refractivity contribution in [1.82, 2.24) is 10.3 Å². The summed E-state index contributed by atoms with van der Waals surface area (Å²) in [5.41, 5.74) is 1.62. The van der Waals surface area contributed by atoms with E-state index in [1.165, 1.54) is 6.07 Å². The number of fused-ring (bicyclic) bond motifs is 1. The molecule has 1 unspecified atom stereocenters. The van der Waals surface area contributed by atoms with E-state index in [-0.39, 0.29) is 17.8 Å². The van der Waals surface area contributed by atoms with Gasteiger partial charge < -0.3 is 10.2 Å². The molecular weight excluding hydrogens is 349 g/mol. The highest BCUT2D eigenvalue weighted by Gasteiger charge is 2.21. The zero-order valence-electron chi connectivity index (χ0n) is 15.0. The summed E-state index contributed by atoms with van der Waals surface area (Å²) < 4.78 is 14.7. The number of nitrogens with one attached hydrogen (secondary N) is 2. The van der Waals surface area contributed by atoms with Crippen molar-refractivity contribution >= 4 is 27.5 Å². The maximum atomic E-state index is 13.6. The van der Waals surface area contributed by atoms with Crippen molar-refractivity contribution in [2.45, 2.75) is 19.4 Å². The first-order chi connectivity index (χ1) is 12.5. The molecule has 0 aliphatic carbocycles. The normalized spacial score (nSPS) is 13.5. The number of amides is 1. The molecule has 1 amide bonds. The molecular formula is C20H23FN3OS+. The highest BCUT2D eigenvalue weighted by atomic mass is 32.1. The van der Waals surface area contributed by atoms with Gasteiger partial charge in [0.05, 0.1) is 17.3 Å². The van der Waals surface area contributed by atoms with E-state index in [0.29, 0.717) is 25.1 Å². The van der Waals surface area contributed by atoms with Crippen LogP contribution in [0.5, 0.6) is 0 Å². The first kappa shape index (κ1) is 18.5. The van der Waals surface area contributed by atoms with Crippen LogP contribution in [0.4, 0.5) is 4.39 Å². The van der Waals surface area contributed by atoms with Crippen molar-refractivity contribution in [3.05, 3.63) is 64.9 Å². The Kier molecular flexibility index (Phi) is 5.96. The van der Waals surface area contributed by atoms with Crippen LogP contribution < -0.4 is 10.2 Å². The minimum absolute atomic E-state index is 0.0354. The highest BCUT2D eigenvalue weighted by molar-refractivity contribution is 7.18. The molecule has 0 bridgehead atoms. The Hall–Kier alpha value is -2.31. The summed E-state index contributed by atoms with van der Waals surface area (Å²) in [6, 6.07) is 14.8. The minimum atomic E-state index is -0.228. The number of quaternary nitrogens is 1. The first-order valence-electron chi connectivity index (χ1n) is 8.72. The minimum Gasteiger partial charge on any atom is -0.351 e. The molecule has 0 aliphatic heterocycles. The Balaban J connectivity index is 1.51. The van der Waals surface area contributed by atoms with E-state index in [1.54, 1.807) is 29.5 Å². The summed E-state index contributed by atoms with van der Waals surface area (Å²) in [5.74, 6) is -0.263. The van der Waals surface area contributed by atoms with Crippen molar-refractivity contribution in [3.63, 3.8) is 0 Å². The fraction of sp³-hybridized carbons (Fsp3) is 0.300. The van der Waals surface area contributed by atoms with E-state index in [0.717, 1.165) is 20.1 Å². The summed E-state index contributed by atoms with van der Waals surface area (Å²) in [4.78, 5) is 17.9. The lowest BCUT2D eigenvalue weighted by molar-refractivity contribution is -0.902. The molecule has 26 heavy (non-hydrogen) atoms. The molecule has 0 fully saturated rings. The Labute approximate surface area is 156 Å². The lowest BCUT2D eigenvalue weighted by Crippen LogP contribution is -3.10. The highest BCUT2D eigenvalue weighted by Crippen LogP contribution is 2.24. The summed E-state index contributed by atoms with van der Waals surface area (Å²) in [7, 11) is 1.99. The van der Waals surface area contributed by atoms with Crippen molar-refractivity contribution in [2.75, 3.05) is 20.1 Å². The molecule has 6 heteroatoms. The molecule has 2 aromatic carbocycles. The van der Waals surface area contributed by atoms with E-state index < -0.39 is 0 Å². The summed E-state index contributed by atoms with van der Waals surface area (Å²) in [6.07, 6.45) is 0.491. The molecule has 0 aliphatic rings. The van der Waals surface area contributed by atoms with E-state index in [4.69, 9.17) is 0 Å². The summed E-state index contributed by atoms with van der Waals surface area (Å²) in [6.45, 7) is 2.87. The Morgan fingerprint density at radius 2 is 1.96 bits per heavy atom. The van der Waals surface area contributed by atoms with Gasteiger partial charge in [0.1, 0.15) is 11.9 Å². The molecule has 0 saturated heterocycles. The van der Waals surface area contributed by atoms with Gasteiger partial charge >= 0.3 is 0 Å². The van der Waals surface area contributed by atoms with Crippen LogP contribution in [0.3, 0.4) is 0 Å². The third kappa shape index (κ3) is 4.45. The Morgan fingerprint density at radius 3 is 2.73 bits per heavy atom. The predicted octanol–water partition coefficient (Wildman–Crippen LogP) is 2.37. The molecule has 0 spiro atoms. The molecule has 2 atom stereocenters. The number of benzene rings is 2. The van der Waals surface area contributed by atoms with Crippen LogP contribution in [0.2, 0.25) is 0 Å². The van der Waals surface area contributed by atoms with Crippen molar-refractivity contribution < 1.29 is 14.1 Å². The van der Waals surface area contributed by atoms with Gasteiger partial charge in [0.15, 0.2) is 11.6 Å². The number of nitrogens with zero attached hydrogens (tertiary/aromatic N) is 1. The summed E-state index contributed by atoms with van der Waals surface area (Å²) in [5, 5.41) is 3.91. The average molecular weight is 372 g/mol. The second-order valence-electron chi connectivity index (χ2n) is 6.46. The zero-order valence-corrected chi connectivity index (χ0v) is 15.8. The number of rotatable bonds is 7. The van der Waals surface area contributed by atoms with E-state index in [1.807, 2.05) is 25.2 Å². The molecule has 3 aromatic rings. The van der Waals surface area contributed by atoms with Gasteiger partial charge in [-0.25, -0.2) is 9.37 Å². The maximum absolute atomic E-state index is 13.6. The molecule has 1 heterocycles. The third-order valence-corrected chi connectivity index (χ3v) is 5.75. The average Bonchev–Trinajstić information content (AvgIpc) is 3.06. The van der Waals surface area contributed by atoms with Crippen LogP contribution in [0, 0.1) is 5.82 Å². The van der Waals surface area contributed by atoms with Crippen LogP contribution in [-0.2, 0) is 11.2 Å².